The number of carboxylic acid groups (broad SMARTS) is 1. The van der Waals surface area contributed by atoms with Gasteiger partial charge in [-0.05, 0) is 40.3 Å². The van der Waals surface area contributed by atoms with Gasteiger partial charge < -0.3 is 10.4 Å². The number of aliphatic carboxylic acids is 1. The Balaban J connectivity index is 1.57. The second-order valence-corrected chi connectivity index (χ2v) is 7.98. The maximum absolute atomic E-state index is 10.5. The quantitative estimate of drug-likeness (QED) is 0.332. The highest BCUT2D eigenvalue weighted by atomic mass is 32.2. The number of thioether (sulfide) groups is 1. The van der Waals surface area contributed by atoms with Crippen molar-refractivity contribution in [2.24, 2.45) is 0 Å². The molecule has 150 valence electrons. The summed E-state index contributed by atoms with van der Waals surface area (Å²) in [7, 11) is 0. The largest absolute Gasteiger partial charge is 0.481 e. The zero-order chi connectivity index (χ0) is 20.5. The first kappa shape index (κ1) is 21.2. The van der Waals surface area contributed by atoms with Crippen LogP contribution in [0, 0.1) is 0 Å². The first-order valence-electron chi connectivity index (χ1n) is 9.97. The monoisotopic (exact) mass is 405 g/mol. The molecule has 2 N–H and O–H groups in total. The molecule has 0 unspecified atom stereocenters. The fraction of sp³-hybridized carbons (Fsp3) is 0.240. The normalized spacial score (nSPS) is 10.8. The van der Waals surface area contributed by atoms with Crippen LogP contribution in [0.4, 0.5) is 0 Å². The number of aryl methyl sites for hydroxylation is 1. The molecule has 0 fully saturated rings. The van der Waals surface area contributed by atoms with Crippen LogP contribution in [0.25, 0.3) is 11.1 Å². The summed E-state index contributed by atoms with van der Waals surface area (Å²) in [6.45, 7) is 3.40. The minimum absolute atomic E-state index is 0.150. The summed E-state index contributed by atoms with van der Waals surface area (Å²) in [6, 6.07) is 25.8. The third-order valence-corrected chi connectivity index (χ3v) is 6.00. The second-order valence-electron chi connectivity index (χ2n) is 6.97. The topological polar surface area (TPSA) is 49.3 Å². The van der Waals surface area contributed by atoms with Gasteiger partial charge in [0.05, 0.1) is 6.42 Å². The van der Waals surface area contributed by atoms with Gasteiger partial charge in [-0.25, -0.2) is 0 Å². The predicted octanol–water partition coefficient (Wildman–Crippen LogP) is 5.77. The van der Waals surface area contributed by atoms with E-state index in [2.05, 4.69) is 79.0 Å². The van der Waals surface area contributed by atoms with Gasteiger partial charge in [0, 0.05) is 23.7 Å². The summed E-state index contributed by atoms with van der Waals surface area (Å²) in [5.74, 6) is 0.165. The van der Waals surface area contributed by atoms with Crippen LogP contribution in [0.2, 0.25) is 0 Å². The lowest BCUT2D eigenvalue weighted by Crippen LogP contribution is -2.17. The van der Waals surface area contributed by atoms with E-state index in [0.717, 1.165) is 12.2 Å². The summed E-state index contributed by atoms with van der Waals surface area (Å²) < 4.78 is 0. The number of nitrogens with one attached hydrogen (secondary N) is 1. The van der Waals surface area contributed by atoms with Gasteiger partial charge >= 0.3 is 5.97 Å². The van der Waals surface area contributed by atoms with Gasteiger partial charge in [0.1, 0.15) is 0 Å². The molecular weight excluding hydrogens is 378 g/mol. The molecule has 29 heavy (non-hydrogen) atoms. The molecule has 0 heterocycles. The molecule has 3 aromatic carbocycles. The Kier molecular flexibility index (Phi) is 7.91. The van der Waals surface area contributed by atoms with E-state index < -0.39 is 5.97 Å². The Morgan fingerprint density at radius 2 is 1.66 bits per heavy atom. The van der Waals surface area contributed by atoms with Crippen molar-refractivity contribution in [3.8, 4) is 11.1 Å². The van der Waals surface area contributed by atoms with E-state index in [1.165, 1.54) is 32.7 Å². The van der Waals surface area contributed by atoms with E-state index in [-0.39, 0.29) is 6.42 Å². The average Bonchev–Trinajstić information content (AvgIpc) is 2.76. The maximum Gasteiger partial charge on any atom is 0.304 e. The molecule has 3 rings (SSSR count). The molecule has 0 amide bonds. The van der Waals surface area contributed by atoms with Gasteiger partial charge in [-0.2, -0.15) is 0 Å². The standard InChI is InChI=1S/C25H27NO2S/c1-2-21-16-23(22-6-4-3-5-7-22)12-13-24(21)29-18-20-10-8-19(9-11-20)17-26-15-14-25(27)28/h3-13,16,26H,2,14-15,17-18H2,1H3,(H,27,28). The smallest absolute Gasteiger partial charge is 0.304 e. The number of hydrogen-bond acceptors (Lipinski definition) is 3. The summed E-state index contributed by atoms with van der Waals surface area (Å²) in [4.78, 5) is 11.9. The van der Waals surface area contributed by atoms with E-state index in [0.29, 0.717) is 13.1 Å². The van der Waals surface area contributed by atoms with Gasteiger partial charge in [0.15, 0.2) is 0 Å². The van der Waals surface area contributed by atoms with Gasteiger partial charge in [-0.1, -0.05) is 73.7 Å². The van der Waals surface area contributed by atoms with Crippen molar-refractivity contribution < 1.29 is 9.90 Å². The van der Waals surface area contributed by atoms with Gasteiger partial charge in [-0.15, -0.1) is 11.8 Å². The van der Waals surface area contributed by atoms with Crippen molar-refractivity contribution in [1.82, 2.24) is 5.32 Å². The Hall–Kier alpha value is -2.56. The van der Waals surface area contributed by atoms with Crippen molar-refractivity contribution in [2.75, 3.05) is 6.54 Å². The van der Waals surface area contributed by atoms with Crippen molar-refractivity contribution in [2.45, 2.75) is 37.0 Å². The molecule has 0 bridgehead atoms. The lowest BCUT2D eigenvalue weighted by molar-refractivity contribution is -0.136. The number of hydrogen-bond donors (Lipinski definition) is 2. The highest BCUT2D eigenvalue weighted by Gasteiger charge is 2.06. The molecular formula is C25H27NO2S. The average molecular weight is 406 g/mol. The van der Waals surface area contributed by atoms with Crippen molar-refractivity contribution >= 4 is 17.7 Å². The minimum Gasteiger partial charge on any atom is -0.481 e. The third-order valence-electron chi connectivity index (χ3n) is 4.81. The maximum atomic E-state index is 10.5. The molecule has 0 aromatic heterocycles. The van der Waals surface area contributed by atoms with Gasteiger partial charge in [0.25, 0.3) is 0 Å². The molecule has 0 radical (unpaired) electrons. The van der Waals surface area contributed by atoms with Crippen molar-refractivity contribution in [1.29, 1.82) is 0 Å². The van der Waals surface area contributed by atoms with Crippen LogP contribution < -0.4 is 5.32 Å². The highest BCUT2D eigenvalue weighted by molar-refractivity contribution is 7.98. The lowest BCUT2D eigenvalue weighted by atomic mass is 10.0. The SMILES string of the molecule is CCc1cc(-c2ccccc2)ccc1SCc1ccc(CNCCC(=O)O)cc1. The highest BCUT2D eigenvalue weighted by Crippen LogP contribution is 2.31. The summed E-state index contributed by atoms with van der Waals surface area (Å²) >= 11 is 1.88. The van der Waals surface area contributed by atoms with E-state index in [9.17, 15) is 4.79 Å². The van der Waals surface area contributed by atoms with E-state index in [1.807, 2.05) is 17.8 Å². The zero-order valence-electron chi connectivity index (χ0n) is 16.7. The van der Waals surface area contributed by atoms with Crippen molar-refractivity contribution in [3.05, 3.63) is 89.5 Å². The minimum atomic E-state index is -0.770. The van der Waals surface area contributed by atoms with Crippen LogP contribution in [-0.4, -0.2) is 17.6 Å². The third kappa shape index (κ3) is 6.48. The zero-order valence-corrected chi connectivity index (χ0v) is 17.5. The summed E-state index contributed by atoms with van der Waals surface area (Å²) in [5, 5.41) is 11.8. The van der Waals surface area contributed by atoms with Crippen LogP contribution in [0.15, 0.2) is 77.7 Å². The Morgan fingerprint density at radius 1 is 0.931 bits per heavy atom. The molecule has 0 saturated heterocycles. The number of carbonyl (C=O) groups is 1. The fourth-order valence-corrected chi connectivity index (χ4v) is 4.22. The molecule has 0 aliphatic heterocycles. The van der Waals surface area contributed by atoms with E-state index in [4.69, 9.17) is 5.11 Å². The lowest BCUT2D eigenvalue weighted by Gasteiger charge is -2.11. The number of carboxylic acids is 1. The molecule has 0 aliphatic carbocycles. The second kappa shape index (κ2) is 10.8. The predicted molar refractivity (Wildman–Crippen MR) is 121 cm³/mol. The van der Waals surface area contributed by atoms with Crippen LogP contribution in [0.3, 0.4) is 0 Å². The Labute approximate surface area is 177 Å². The first-order valence-corrected chi connectivity index (χ1v) is 11.0. The summed E-state index contributed by atoms with van der Waals surface area (Å²) in [6.07, 6.45) is 1.17. The molecule has 4 heteroatoms. The molecule has 3 nitrogen and oxygen atoms in total. The van der Waals surface area contributed by atoms with E-state index >= 15 is 0 Å². The molecule has 0 saturated carbocycles. The van der Waals surface area contributed by atoms with E-state index in [1.54, 1.807) is 0 Å². The Bertz CT molecular complexity index is 923. The fourth-order valence-electron chi connectivity index (χ4n) is 3.15. The molecule has 3 aromatic rings. The van der Waals surface area contributed by atoms with Gasteiger partial charge in [-0.3, -0.25) is 4.79 Å². The molecule has 0 atom stereocenters. The first-order chi connectivity index (χ1) is 14.2. The summed E-state index contributed by atoms with van der Waals surface area (Å²) in [5.41, 5.74) is 6.37. The molecule has 0 aliphatic rings. The number of benzene rings is 3. The van der Waals surface area contributed by atoms with Crippen LogP contribution in [-0.2, 0) is 23.5 Å². The van der Waals surface area contributed by atoms with Crippen molar-refractivity contribution in [3.63, 3.8) is 0 Å². The van der Waals surface area contributed by atoms with Crippen LogP contribution in [0.5, 0.6) is 0 Å². The number of rotatable bonds is 10. The van der Waals surface area contributed by atoms with Crippen LogP contribution >= 0.6 is 11.8 Å². The molecule has 0 spiro atoms. The van der Waals surface area contributed by atoms with Crippen LogP contribution in [0.1, 0.15) is 30.0 Å². The van der Waals surface area contributed by atoms with Gasteiger partial charge in [0.2, 0.25) is 0 Å². The Morgan fingerprint density at radius 3 is 2.34 bits per heavy atom.